The average Bonchev–Trinajstić information content (AvgIpc) is 2.37. The van der Waals surface area contributed by atoms with Crippen molar-refractivity contribution in [1.29, 1.82) is 0 Å². The molecular weight excluding hydrogens is 232 g/mol. The topological polar surface area (TPSA) is 59.5 Å². The van der Waals surface area contributed by atoms with E-state index in [2.05, 4.69) is 4.98 Å². The van der Waals surface area contributed by atoms with E-state index in [1.807, 2.05) is 12.1 Å². The Kier molecular flexibility index (Phi) is 5.84. The minimum absolute atomic E-state index is 0.197. The predicted molar refractivity (Wildman–Crippen MR) is 66.8 cm³/mol. The van der Waals surface area contributed by atoms with Crippen molar-refractivity contribution in [2.45, 2.75) is 19.8 Å². The molecule has 0 saturated heterocycles. The lowest BCUT2D eigenvalue weighted by atomic mass is 10.2. The van der Waals surface area contributed by atoms with Gasteiger partial charge < -0.3 is 9.64 Å². The summed E-state index contributed by atoms with van der Waals surface area (Å²) in [5, 5.41) is 0. The number of hydrogen-bond donors (Lipinski definition) is 0. The molecule has 0 fully saturated rings. The Balaban J connectivity index is 2.34. The van der Waals surface area contributed by atoms with Crippen LogP contribution in [0.1, 0.15) is 18.9 Å². The van der Waals surface area contributed by atoms with Crippen LogP contribution < -0.4 is 0 Å². The fraction of sp³-hybridized carbons (Fsp3) is 0.462. The van der Waals surface area contributed by atoms with Gasteiger partial charge in [-0.1, -0.05) is 6.07 Å². The first-order chi connectivity index (χ1) is 8.63. The molecular formula is C13H18N2O3. The minimum Gasteiger partial charge on any atom is -0.466 e. The number of likely N-dealkylation sites (N-methyl/N-ethyl adjacent to an activating group) is 1. The summed E-state index contributed by atoms with van der Waals surface area (Å²) in [6.07, 6.45) is 4.00. The maximum Gasteiger partial charge on any atom is 0.315 e. The summed E-state index contributed by atoms with van der Waals surface area (Å²) < 4.78 is 4.73. The summed E-state index contributed by atoms with van der Waals surface area (Å²) in [6.45, 7) is 2.57. The molecule has 0 unspecified atom stereocenters. The highest BCUT2D eigenvalue weighted by molar-refractivity contribution is 5.94. The number of ether oxygens (including phenoxy) is 1. The van der Waals surface area contributed by atoms with E-state index in [-0.39, 0.29) is 12.3 Å². The molecule has 1 rings (SSSR count). The molecule has 0 aliphatic carbocycles. The van der Waals surface area contributed by atoms with Gasteiger partial charge in [0.2, 0.25) is 5.91 Å². The van der Waals surface area contributed by atoms with Crippen molar-refractivity contribution >= 4 is 11.9 Å². The number of carbonyl (C=O) groups is 2. The summed E-state index contributed by atoms with van der Waals surface area (Å²) in [4.78, 5) is 28.3. The summed E-state index contributed by atoms with van der Waals surface area (Å²) in [5.41, 5.74) is 1.06. The highest BCUT2D eigenvalue weighted by Crippen LogP contribution is 2.00. The van der Waals surface area contributed by atoms with Crippen molar-refractivity contribution in [2.75, 3.05) is 20.2 Å². The maximum atomic E-state index is 11.7. The van der Waals surface area contributed by atoms with Gasteiger partial charge in [-0.05, 0) is 25.0 Å². The molecule has 5 heteroatoms. The van der Waals surface area contributed by atoms with Crippen LogP contribution in [-0.2, 0) is 20.7 Å². The van der Waals surface area contributed by atoms with Crippen LogP contribution in [0, 0.1) is 0 Å². The third-order valence-corrected chi connectivity index (χ3v) is 2.49. The van der Waals surface area contributed by atoms with Crippen LogP contribution in [0.5, 0.6) is 0 Å². The standard InChI is InChI=1S/C13H18N2O3/c1-3-18-13(17)9-12(16)15(2)8-6-11-5-4-7-14-10-11/h4-5,7,10H,3,6,8-9H2,1-2H3. The molecule has 1 heterocycles. The molecule has 5 nitrogen and oxygen atoms in total. The van der Waals surface area contributed by atoms with Crippen LogP contribution in [0.4, 0.5) is 0 Å². The fourth-order valence-corrected chi connectivity index (χ4v) is 1.44. The fourth-order valence-electron chi connectivity index (χ4n) is 1.44. The molecule has 0 radical (unpaired) electrons. The number of aromatic nitrogens is 1. The first-order valence-corrected chi connectivity index (χ1v) is 5.92. The maximum absolute atomic E-state index is 11.7. The van der Waals surface area contributed by atoms with Crippen molar-refractivity contribution in [2.24, 2.45) is 0 Å². The van der Waals surface area contributed by atoms with Crippen LogP contribution in [0.15, 0.2) is 24.5 Å². The third kappa shape index (κ3) is 4.95. The highest BCUT2D eigenvalue weighted by atomic mass is 16.5. The zero-order chi connectivity index (χ0) is 13.4. The summed E-state index contributed by atoms with van der Waals surface area (Å²) in [7, 11) is 1.68. The lowest BCUT2D eigenvalue weighted by Crippen LogP contribution is -2.31. The minimum atomic E-state index is -0.476. The van der Waals surface area contributed by atoms with Crippen LogP contribution >= 0.6 is 0 Å². The molecule has 0 aliphatic rings. The van der Waals surface area contributed by atoms with E-state index >= 15 is 0 Å². The molecule has 1 aromatic heterocycles. The number of hydrogen-bond acceptors (Lipinski definition) is 4. The smallest absolute Gasteiger partial charge is 0.315 e. The normalized spacial score (nSPS) is 9.89. The number of esters is 1. The number of amides is 1. The Bertz CT molecular complexity index is 392. The Morgan fingerprint density at radius 3 is 2.83 bits per heavy atom. The summed E-state index contributed by atoms with van der Waals surface area (Å²) >= 11 is 0. The number of carbonyl (C=O) groups excluding carboxylic acids is 2. The molecule has 0 N–H and O–H groups in total. The number of nitrogens with zero attached hydrogens (tertiary/aromatic N) is 2. The van der Waals surface area contributed by atoms with E-state index in [9.17, 15) is 9.59 Å². The van der Waals surface area contributed by atoms with Crippen molar-refractivity contribution in [3.05, 3.63) is 30.1 Å². The third-order valence-electron chi connectivity index (χ3n) is 2.49. The second-order valence-electron chi connectivity index (χ2n) is 3.91. The van der Waals surface area contributed by atoms with Crippen molar-refractivity contribution in [1.82, 2.24) is 9.88 Å². The van der Waals surface area contributed by atoms with E-state index in [0.29, 0.717) is 13.2 Å². The predicted octanol–water partition coefficient (Wildman–Crippen LogP) is 1.04. The average molecular weight is 250 g/mol. The van der Waals surface area contributed by atoms with Gasteiger partial charge in [-0.25, -0.2) is 0 Å². The SMILES string of the molecule is CCOC(=O)CC(=O)N(C)CCc1cccnc1. The van der Waals surface area contributed by atoms with Gasteiger partial charge in [-0.3, -0.25) is 14.6 Å². The van der Waals surface area contributed by atoms with Gasteiger partial charge in [-0.15, -0.1) is 0 Å². The van der Waals surface area contributed by atoms with Crippen LogP contribution in [0.3, 0.4) is 0 Å². The largest absolute Gasteiger partial charge is 0.466 e. The molecule has 0 spiro atoms. The van der Waals surface area contributed by atoms with Gasteiger partial charge in [0, 0.05) is 26.0 Å². The van der Waals surface area contributed by atoms with Gasteiger partial charge in [0.15, 0.2) is 0 Å². The van der Waals surface area contributed by atoms with E-state index in [1.54, 1.807) is 26.4 Å². The molecule has 1 amide bonds. The van der Waals surface area contributed by atoms with E-state index in [0.717, 1.165) is 12.0 Å². The molecule has 0 saturated carbocycles. The van der Waals surface area contributed by atoms with Gasteiger partial charge >= 0.3 is 5.97 Å². The van der Waals surface area contributed by atoms with E-state index < -0.39 is 5.97 Å². The van der Waals surface area contributed by atoms with Gasteiger partial charge in [0.05, 0.1) is 6.61 Å². The van der Waals surface area contributed by atoms with E-state index in [4.69, 9.17) is 4.74 Å². The van der Waals surface area contributed by atoms with Crippen LogP contribution in [0.25, 0.3) is 0 Å². The quantitative estimate of drug-likeness (QED) is 0.559. The summed E-state index contributed by atoms with van der Waals surface area (Å²) in [6, 6.07) is 3.81. The monoisotopic (exact) mass is 250 g/mol. The van der Waals surface area contributed by atoms with Gasteiger partial charge in [-0.2, -0.15) is 0 Å². The lowest BCUT2D eigenvalue weighted by Gasteiger charge is -2.16. The van der Waals surface area contributed by atoms with Crippen LogP contribution in [0.2, 0.25) is 0 Å². The second-order valence-corrected chi connectivity index (χ2v) is 3.91. The first kappa shape index (κ1) is 14.2. The zero-order valence-electron chi connectivity index (χ0n) is 10.8. The molecule has 0 bridgehead atoms. The lowest BCUT2D eigenvalue weighted by molar-refractivity contribution is -0.148. The first-order valence-electron chi connectivity index (χ1n) is 5.92. The molecule has 0 atom stereocenters. The van der Waals surface area contributed by atoms with Crippen LogP contribution in [-0.4, -0.2) is 42.0 Å². The Labute approximate surface area is 107 Å². The Morgan fingerprint density at radius 2 is 2.22 bits per heavy atom. The molecule has 0 aromatic carbocycles. The van der Waals surface area contributed by atoms with Crippen molar-refractivity contribution < 1.29 is 14.3 Å². The highest BCUT2D eigenvalue weighted by Gasteiger charge is 2.14. The van der Waals surface area contributed by atoms with Gasteiger partial charge in [0.25, 0.3) is 0 Å². The molecule has 1 aromatic rings. The molecule has 0 aliphatic heterocycles. The van der Waals surface area contributed by atoms with Gasteiger partial charge in [0.1, 0.15) is 6.42 Å². The summed E-state index contributed by atoms with van der Waals surface area (Å²) in [5.74, 6) is -0.701. The van der Waals surface area contributed by atoms with Crippen molar-refractivity contribution in [3.63, 3.8) is 0 Å². The van der Waals surface area contributed by atoms with E-state index in [1.165, 1.54) is 4.90 Å². The number of rotatable bonds is 6. The molecule has 98 valence electrons. The second kappa shape index (κ2) is 7.42. The van der Waals surface area contributed by atoms with Crippen molar-refractivity contribution in [3.8, 4) is 0 Å². The Hall–Kier alpha value is -1.91. The Morgan fingerprint density at radius 1 is 1.44 bits per heavy atom. The molecule has 18 heavy (non-hydrogen) atoms. The number of pyridine rings is 1. The zero-order valence-corrected chi connectivity index (χ0v) is 10.8.